The van der Waals surface area contributed by atoms with Gasteiger partial charge in [-0.3, -0.25) is 14.5 Å². The van der Waals surface area contributed by atoms with Gasteiger partial charge in [0.1, 0.15) is 5.75 Å². The molecule has 0 bridgehead atoms. The van der Waals surface area contributed by atoms with E-state index < -0.39 is 10.0 Å². The van der Waals surface area contributed by atoms with Crippen LogP contribution >= 0.6 is 0 Å². The molecule has 0 radical (unpaired) electrons. The first-order valence-electron chi connectivity index (χ1n) is 11.2. The number of anilines is 1. The number of morpholine rings is 1. The maximum absolute atomic E-state index is 13.0. The van der Waals surface area contributed by atoms with Gasteiger partial charge >= 0.3 is 0 Å². The molecule has 1 saturated heterocycles. The van der Waals surface area contributed by atoms with Crippen molar-refractivity contribution >= 4 is 27.5 Å². The van der Waals surface area contributed by atoms with Crippen LogP contribution in [0.3, 0.4) is 0 Å². The Morgan fingerprint density at radius 1 is 1.15 bits per heavy atom. The van der Waals surface area contributed by atoms with Gasteiger partial charge in [0.15, 0.2) is 0 Å². The van der Waals surface area contributed by atoms with Crippen molar-refractivity contribution in [2.24, 2.45) is 0 Å². The second-order valence-corrected chi connectivity index (χ2v) is 10.1. The van der Waals surface area contributed by atoms with E-state index in [4.69, 9.17) is 9.47 Å². The molecule has 0 aliphatic carbocycles. The molecule has 1 aromatic carbocycles. The molecule has 1 N–H and O–H groups in total. The number of carbonyl (C=O) groups is 2. The summed E-state index contributed by atoms with van der Waals surface area (Å²) in [7, 11) is -2.05. The van der Waals surface area contributed by atoms with Gasteiger partial charge in [0.2, 0.25) is 21.8 Å². The van der Waals surface area contributed by atoms with Gasteiger partial charge in [0.25, 0.3) is 0 Å². The van der Waals surface area contributed by atoms with E-state index in [1.807, 2.05) is 27.7 Å². The Morgan fingerprint density at radius 3 is 2.36 bits per heavy atom. The number of sulfonamides is 1. The maximum atomic E-state index is 13.0. The molecule has 33 heavy (non-hydrogen) atoms. The van der Waals surface area contributed by atoms with Crippen LogP contribution < -0.4 is 10.1 Å². The van der Waals surface area contributed by atoms with Crippen molar-refractivity contribution in [2.75, 3.05) is 64.8 Å². The van der Waals surface area contributed by atoms with Gasteiger partial charge in [-0.1, -0.05) is 0 Å². The number of hydrogen-bond donors (Lipinski definition) is 1. The molecule has 1 aromatic rings. The second kappa shape index (κ2) is 12.3. The molecule has 2 rings (SSSR count). The summed E-state index contributed by atoms with van der Waals surface area (Å²) in [4.78, 5) is 28.4. The largest absolute Gasteiger partial charge is 0.489 e. The molecular weight excluding hydrogens is 448 g/mol. The summed E-state index contributed by atoms with van der Waals surface area (Å²) in [6.45, 7) is 10.0. The van der Waals surface area contributed by atoms with E-state index in [0.717, 1.165) is 0 Å². The number of nitrogens with zero attached hydrogens (tertiary/aromatic N) is 3. The van der Waals surface area contributed by atoms with Crippen molar-refractivity contribution in [3.8, 4) is 5.75 Å². The van der Waals surface area contributed by atoms with Gasteiger partial charge in [-0.2, -0.15) is 4.31 Å². The number of benzene rings is 1. The Labute approximate surface area is 196 Å². The molecule has 2 amide bonds. The molecule has 0 unspecified atom stereocenters. The van der Waals surface area contributed by atoms with Crippen LogP contribution in [-0.4, -0.2) is 100.0 Å². The molecule has 0 saturated carbocycles. The van der Waals surface area contributed by atoms with Gasteiger partial charge in [-0.15, -0.1) is 0 Å². The predicted molar refractivity (Wildman–Crippen MR) is 126 cm³/mol. The molecule has 0 aromatic heterocycles. The predicted octanol–water partition coefficient (Wildman–Crippen LogP) is 1.23. The highest BCUT2D eigenvalue weighted by Gasteiger charge is 2.27. The summed E-state index contributed by atoms with van der Waals surface area (Å²) in [6, 6.07) is 4.45. The highest BCUT2D eigenvalue weighted by atomic mass is 32.2. The number of rotatable bonds is 11. The third-order valence-corrected chi connectivity index (χ3v) is 7.03. The molecule has 10 nitrogen and oxygen atoms in total. The third kappa shape index (κ3) is 7.66. The SMILES string of the molecule is CCN(CC)C(=O)CN(C)CC(=O)Nc1cc(S(=O)(=O)N2CCOCC2)ccc1OC(C)C. The molecule has 1 aliphatic heterocycles. The summed E-state index contributed by atoms with van der Waals surface area (Å²) in [5.41, 5.74) is 0.270. The van der Waals surface area contributed by atoms with Crippen molar-refractivity contribution in [3.05, 3.63) is 18.2 Å². The van der Waals surface area contributed by atoms with Crippen LogP contribution in [0.2, 0.25) is 0 Å². The first kappa shape index (κ1) is 27.0. The summed E-state index contributed by atoms with van der Waals surface area (Å²) in [6.07, 6.45) is -0.170. The molecule has 186 valence electrons. The fourth-order valence-electron chi connectivity index (χ4n) is 3.46. The van der Waals surface area contributed by atoms with Crippen molar-refractivity contribution in [2.45, 2.75) is 38.7 Å². The Balaban J connectivity index is 2.18. The zero-order valence-corrected chi connectivity index (χ0v) is 21.0. The minimum Gasteiger partial charge on any atom is -0.489 e. The number of likely N-dealkylation sites (N-methyl/N-ethyl adjacent to an activating group) is 2. The number of carbonyl (C=O) groups excluding carboxylic acids is 2. The third-order valence-electron chi connectivity index (χ3n) is 5.13. The lowest BCUT2D eigenvalue weighted by Gasteiger charge is -2.26. The normalized spacial score (nSPS) is 15.0. The van der Waals surface area contributed by atoms with Crippen LogP contribution in [0.25, 0.3) is 0 Å². The van der Waals surface area contributed by atoms with Gasteiger partial charge < -0.3 is 19.7 Å². The van der Waals surface area contributed by atoms with Crippen molar-refractivity contribution < 1.29 is 27.5 Å². The lowest BCUT2D eigenvalue weighted by molar-refractivity contribution is -0.132. The number of nitrogens with one attached hydrogen (secondary N) is 1. The van der Waals surface area contributed by atoms with Crippen molar-refractivity contribution in [1.29, 1.82) is 0 Å². The minimum absolute atomic E-state index is 0.0332. The van der Waals surface area contributed by atoms with Crippen LogP contribution in [0.5, 0.6) is 5.75 Å². The number of hydrogen-bond acceptors (Lipinski definition) is 7. The Morgan fingerprint density at radius 2 is 1.79 bits per heavy atom. The summed E-state index contributed by atoms with van der Waals surface area (Å²) in [5, 5.41) is 2.75. The van der Waals surface area contributed by atoms with Gasteiger partial charge in [-0.05, 0) is 52.9 Å². The van der Waals surface area contributed by atoms with E-state index in [-0.39, 0.29) is 54.7 Å². The lowest BCUT2D eigenvalue weighted by atomic mass is 10.2. The van der Waals surface area contributed by atoms with Gasteiger partial charge in [0, 0.05) is 26.2 Å². The molecule has 1 aliphatic rings. The fraction of sp³-hybridized carbons (Fsp3) is 0.636. The quantitative estimate of drug-likeness (QED) is 0.503. The van der Waals surface area contributed by atoms with Gasteiger partial charge in [-0.25, -0.2) is 8.42 Å². The fourth-order valence-corrected chi connectivity index (χ4v) is 4.89. The van der Waals surface area contributed by atoms with Crippen LogP contribution in [0.15, 0.2) is 23.1 Å². The minimum atomic E-state index is -3.73. The van der Waals surface area contributed by atoms with E-state index in [0.29, 0.717) is 32.1 Å². The molecule has 1 heterocycles. The molecule has 11 heteroatoms. The second-order valence-electron chi connectivity index (χ2n) is 8.13. The van der Waals surface area contributed by atoms with Crippen LogP contribution in [0.1, 0.15) is 27.7 Å². The Hall–Kier alpha value is -2.21. The first-order valence-corrected chi connectivity index (χ1v) is 12.7. The van der Waals surface area contributed by atoms with Crippen molar-refractivity contribution in [1.82, 2.24) is 14.1 Å². The topological polar surface area (TPSA) is 108 Å². The standard InChI is InChI=1S/C22H36N4O6S/c1-6-25(7-2)22(28)16-24(5)15-21(27)23-19-14-18(8-9-20(19)32-17(3)4)33(29,30)26-10-12-31-13-11-26/h8-9,14,17H,6-7,10-13,15-16H2,1-5H3,(H,23,27). The number of ether oxygens (including phenoxy) is 2. The van der Waals surface area contributed by atoms with Gasteiger partial charge in [0.05, 0.1) is 43.0 Å². The maximum Gasteiger partial charge on any atom is 0.243 e. The summed E-state index contributed by atoms with van der Waals surface area (Å²) >= 11 is 0. The molecule has 0 spiro atoms. The average Bonchev–Trinajstić information content (AvgIpc) is 2.75. The van der Waals surface area contributed by atoms with E-state index in [9.17, 15) is 18.0 Å². The van der Waals surface area contributed by atoms with Crippen molar-refractivity contribution in [3.63, 3.8) is 0 Å². The van der Waals surface area contributed by atoms with E-state index in [2.05, 4.69) is 5.32 Å². The zero-order valence-electron chi connectivity index (χ0n) is 20.2. The Kier molecular flexibility index (Phi) is 10.1. The van der Waals surface area contributed by atoms with E-state index >= 15 is 0 Å². The number of amides is 2. The monoisotopic (exact) mass is 484 g/mol. The highest BCUT2D eigenvalue weighted by Crippen LogP contribution is 2.30. The van der Waals surface area contributed by atoms with E-state index in [1.54, 1.807) is 22.9 Å². The van der Waals surface area contributed by atoms with Crippen LogP contribution in [0, 0.1) is 0 Å². The average molecular weight is 485 g/mol. The smallest absolute Gasteiger partial charge is 0.243 e. The molecule has 0 atom stereocenters. The lowest BCUT2D eigenvalue weighted by Crippen LogP contribution is -2.41. The van der Waals surface area contributed by atoms with E-state index in [1.165, 1.54) is 16.4 Å². The molecule has 1 fully saturated rings. The molecular formula is C22H36N4O6S. The zero-order chi connectivity index (χ0) is 24.6. The first-order chi connectivity index (χ1) is 15.6. The summed E-state index contributed by atoms with van der Waals surface area (Å²) in [5.74, 6) is -0.0572. The van der Waals surface area contributed by atoms with Crippen LogP contribution in [-0.2, 0) is 24.3 Å². The summed E-state index contributed by atoms with van der Waals surface area (Å²) < 4.78 is 38.5. The highest BCUT2D eigenvalue weighted by molar-refractivity contribution is 7.89. The Bertz CT molecular complexity index is 911. The van der Waals surface area contributed by atoms with Crippen LogP contribution in [0.4, 0.5) is 5.69 Å².